The maximum atomic E-state index is 11.2. The number of ether oxygens (including phenoxy) is 2. The third-order valence-corrected chi connectivity index (χ3v) is 2.58. The average molecular weight is 282 g/mol. The van der Waals surface area contributed by atoms with Crippen molar-refractivity contribution in [3.8, 4) is 11.8 Å². The van der Waals surface area contributed by atoms with Crippen LogP contribution in [0.1, 0.15) is 53.4 Å². The Morgan fingerprint density at radius 2 is 1.15 bits per heavy atom. The van der Waals surface area contributed by atoms with Crippen molar-refractivity contribution >= 4 is 11.9 Å². The molecule has 0 heterocycles. The second kappa shape index (κ2) is 11.3. The smallest absolute Gasteiger partial charge is 0.384 e. The Bertz CT molecular complexity index is 315. The highest BCUT2D eigenvalue weighted by molar-refractivity contribution is 5.98. The zero-order valence-electron chi connectivity index (χ0n) is 13.0. The molecule has 0 bridgehead atoms. The van der Waals surface area contributed by atoms with Crippen molar-refractivity contribution < 1.29 is 19.1 Å². The van der Waals surface area contributed by atoms with Gasteiger partial charge in [0.05, 0.1) is 13.2 Å². The summed E-state index contributed by atoms with van der Waals surface area (Å²) in [5, 5.41) is 0. The molecule has 0 aromatic rings. The van der Waals surface area contributed by atoms with Crippen LogP contribution in [0.5, 0.6) is 0 Å². The largest absolute Gasteiger partial charge is 0.456 e. The van der Waals surface area contributed by atoms with Gasteiger partial charge in [-0.25, -0.2) is 9.59 Å². The Morgan fingerprint density at radius 3 is 1.45 bits per heavy atom. The Hall–Kier alpha value is -1.50. The molecule has 20 heavy (non-hydrogen) atoms. The van der Waals surface area contributed by atoms with E-state index in [4.69, 9.17) is 9.47 Å². The Morgan fingerprint density at radius 1 is 0.800 bits per heavy atom. The second-order valence-electron chi connectivity index (χ2n) is 5.59. The van der Waals surface area contributed by atoms with Gasteiger partial charge in [0, 0.05) is 11.8 Å². The Kier molecular flexibility index (Phi) is 10.5. The van der Waals surface area contributed by atoms with E-state index < -0.39 is 11.9 Å². The summed E-state index contributed by atoms with van der Waals surface area (Å²) >= 11 is 0. The highest BCUT2D eigenvalue weighted by atomic mass is 16.5. The fraction of sp³-hybridized carbons (Fsp3) is 0.750. The molecule has 0 spiro atoms. The molecule has 0 unspecified atom stereocenters. The van der Waals surface area contributed by atoms with Crippen LogP contribution in [0.4, 0.5) is 0 Å². The molecule has 0 saturated carbocycles. The zero-order chi connectivity index (χ0) is 15.4. The monoisotopic (exact) mass is 282 g/mol. The first kappa shape index (κ1) is 18.5. The van der Waals surface area contributed by atoms with Crippen LogP contribution in [0.2, 0.25) is 0 Å². The molecule has 0 amide bonds. The van der Waals surface area contributed by atoms with Crippen molar-refractivity contribution in [3.05, 3.63) is 0 Å². The van der Waals surface area contributed by atoms with E-state index in [2.05, 4.69) is 39.5 Å². The quantitative estimate of drug-likeness (QED) is 0.297. The van der Waals surface area contributed by atoms with Crippen molar-refractivity contribution in [1.82, 2.24) is 0 Å². The second-order valence-corrected chi connectivity index (χ2v) is 5.59. The predicted octanol–water partition coefficient (Wildman–Crippen LogP) is 2.95. The highest BCUT2D eigenvalue weighted by Gasteiger charge is 2.02. The number of hydrogen-bond donors (Lipinski definition) is 0. The van der Waals surface area contributed by atoms with E-state index in [-0.39, 0.29) is 0 Å². The van der Waals surface area contributed by atoms with E-state index in [0.29, 0.717) is 25.0 Å². The van der Waals surface area contributed by atoms with E-state index in [9.17, 15) is 9.59 Å². The van der Waals surface area contributed by atoms with Gasteiger partial charge in [-0.3, -0.25) is 0 Å². The minimum Gasteiger partial charge on any atom is -0.456 e. The van der Waals surface area contributed by atoms with E-state index in [1.807, 2.05) is 0 Å². The summed E-state index contributed by atoms with van der Waals surface area (Å²) in [6, 6.07) is 0. The van der Waals surface area contributed by atoms with Gasteiger partial charge in [0.15, 0.2) is 0 Å². The highest BCUT2D eigenvalue weighted by Crippen LogP contribution is 2.03. The van der Waals surface area contributed by atoms with Crippen molar-refractivity contribution in [2.45, 2.75) is 53.4 Å². The number of rotatable bonds is 8. The lowest BCUT2D eigenvalue weighted by Crippen LogP contribution is -2.07. The molecule has 4 heteroatoms. The minimum absolute atomic E-state index is 0.342. The molecule has 114 valence electrons. The van der Waals surface area contributed by atoms with Crippen LogP contribution in [-0.4, -0.2) is 25.2 Å². The van der Waals surface area contributed by atoms with Crippen molar-refractivity contribution in [3.63, 3.8) is 0 Å². The average Bonchev–Trinajstić information content (AvgIpc) is 2.37. The first-order valence-electron chi connectivity index (χ1n) is 7.27. The summed E-state index contributed by atoms with van der Waals surface area (Å²) < 4.78 is 9.76. The predicted molar refractivity (Wildman–Crippen MR) is 77.8 cm³/mol. The van der Waals surface area contributed by atoms with Gasteiger partial charge in [-0.15, -0.1) is 0 Å². The summed E-state index contributed by atoms with van der Waals surface area (Å²) in [7, 11) is 0. The molecule has 0 aliphatic heterocycles. The number of hydrogen-bond acceptors (Lipinski definition) is 4. The molecule has 0 atom stereocenters. The maximum absolute atomic E-state index is 11.2. The number of carbonyl (C=O) groups is 2. The van der Waals surface area contributed by atoms with Crippen LogP contribution in [0.25, 0.3) is 0 Å². The van der Waals surface area contributed by atoms with Crippen LogP contribution >= 0.6 is 0 Å². The summed E-state index contributed by atoms with van der Waals surface area (Å²) in [5.41, 5.74) is 0. The maximum Gasteiger partial charge on any atom is 0.384 e. The zero-order valence-corrected chi connectivity index (χ0v) is 13.0. The molecule has 0 aliphatic carbocycles. The molecule has 0 saturated heterocycles. The molecular formula is C16H26O4. The number of carbonyl (C=O) groups excluding carboxylic acids is 2. The van der Waals surface area contributed by atoms with Crippen molar-refractivity contribution in [1.29, 1.82) is 0 Å². The van der Waals surface area contributed by atoms with Gasteiger partial charge in [0.25, 0.3) is 0 Å². The van der Waals surface area contributed by atoms with Crippen molar-refractivity contribution in [2.75, 3.05) is 13.2 Å². The third-order valence-electron chi connectivity index (χ3n) is 2.58. The lowest BCUT2D eigenvalue weighted by Gasteiger charge is -2.04. The van der Waals surface area contributed by atoms with E-state index in [1.165, 1.54) is 0 Å². The molecule has 0 aromatic carbocycles. The van der Waals surface area contributed by atoms with Crippen LogP contribution in [-0.2, 0) is 19.1 Å². The van der Waals surface area contributed by atoms with Crippen LogP contribution < -0.4 is 0 Å². The molecule has 4 nitrogen and oxygen atoms in total. The van der Waals surface area contributed by atoms with Crippen molar-refractivity contribution in [2.24, 2.45) is 11.8 Å². The molecular weight excluding hydrogens is 256 g/mol. The minimum atomic E-state index is -0.673. The first-order valence-corrected chi connectivity index (χ1v) is 7.27. The molecule has 0 aliphatic rings. The van der Waals surface area contributed by atoms with Crippen LogP contribution in [0.15, 0.2) is 0 Å². The third kappa shape index (κ3) is 12.9. The topological polar surface area (TPSA) is 52.6 Å². The van der Waals surface area contributed by atoms with E-state index in [1.54, 1.807) is 0 Å². The summed E-state index contributed by atoms with van der Waals surface area (Å²) in [4.78, 5) is 22.4. The molecule has 0 fully saturated rings. The number of esters is 2. The molecule has 0 N–H and O–H groups in total. The van der Waals surface area contributed by atoms with Gasteiger partial charge in [0.2, 0.25) is 0 Å². The Balaban J connectivity index is 3.71. The van der Waals surface area contributed by atoms with Gasteiger partial charge < -0.3 is 9.47 Å². The Labute approximate surface area is 122 Å². The SMILES string of the molecule is CC(C)CCCOC(=O)C#CC(=O)OCCCC(C)C. The van der Waals surface area contributed by atoms with Gasteiger partial charge >= 0.3 is 11.9 Å². The summed E-state index contributed by atoms with van der Waals surface area (Å²) in [6.07, 6.45) is 3.62. The standard InChI is InChI=1S/C16H26O4/c1-13(2)7-5-11-19-15(17)9-10-16(18)20-12-6-8-14(3)4/h13-14H,5-8,11-12H2,1-4H3. The van der Waals surface area contributed by atoms with E-state index >= 15 is 0 Å². The first-order chi connectivity index (χ1) is 9.41. The molecule has 0 rings (SSSR count). The van der Waals surface area contributed by atoms with Gasteiger partial charge in [0.1, 0.15) is 0 Å². The van der Waals surface area contributed by atoms with Crippen LogP contribution in [0, 0.1) is 23.7 Å². The summed E-state index contributed by atoms with van der Waals surface area (Å²) in [6.45, 7) is 9.12. The van der Waals surface area contributed by atoms with Gasteiger partial charge in [-0.1, -0.05) is 27.7 Å². The van der Waals surface area contributed by atoms with Gasteiger partial charge in [-0.2, -0.15) is 0 Å². The fourth-order valence-corrected chi connectivity index (χ4v) is 1.49. The lowest BCUT2D eigenvalue weighted by atomic mass is 10.1. The van der Waals surface area contributed by atoms with E-state index in [0.717, 1.165) is 25.7 Å². The molecule has 0 radical (unpaired) electrons. The van der Waals surface area contributed by atoms with Gasteiger partial charge in [-0.05, 0) is 37.5 Å². The lowest BCUT2D eigenvalue weighted by molar-refractivity contribution is -0.139. The fourth-order valence-electron chi connectivity index (χ4n) is 1.49. The summed E-state index contributed by atoms with van der Waals surface area (Å²) in [5.74, 6) is 4.09. The van der Waals surface area contributed by atoms with Crippen LogP contribution in [0.3, 0.4) is 0 Å². The molecule has 0 aromatic heterocycles. The normalized spacial score (nSPS) is 10.1.